The van der Waals surface area contributed by atoms with Crippen LogP contribution in [0.4, 0.5) is 5.69 Å². The van der Waals surface area contributed by atoms with Crippen molar-refractivity contribution in [2.45, 2.75) is 20.4 Å². The molecule has 0 unspecified atom stereocenters. The van der Waals surface area contributed by atoms with Crippen LogP contribution < -0.4 is 5.32 Å². The van der Waals surface area contributed by atoms with E-state index in [1.54, 1.807) is 12.1 Å². The topological polar surface area (TPSA) is 49.4 Å². The molecule has 5 heteroatoms. The first-order valence-electron chi connectivity index (χ1n) is 9.68. The largest absolute Gasteiger partial charge is 0.350 e. The molecule has 0 aromatic heterocycles. The molecule has 1 heterocycles. The van der Waals surface area contributed by atoms with Crippen molar-refractivity contribution in [1.82, 2.24) is 4.90 Å². The van der Waals surface area contributed by atoms with Gasteiger partial charge in [0.1, 0.15) is 5.70 Å². The second-order valence-corrected chi connectivity index (χ2v) is 7.82. The van der Waals surface area contributed by atoms with Gasteiger partial charge in [0.25, 0.3) is 11.8 Å². The monoisotopic (exact) mass is 416 g/mol. The van der Waals surface area contributed by atoms with Gasteiger partial charge in [-0.2, -0.15) is 0 Å². The first-order valence-corrected chi connectivity index (χ1v) is 10.1. The average molecular weight is 417 g/mol. The first kappa shape index (κ1) is 19.9. The van der Waals surface area contributed by atoms with Gasteiger partial charge in [0, 0.05) is 10.7 Å². The molecule has 0 atom stereocenters. The number of rotatable bonds is 5. The molecule has 4 nitrogen and oxygen atoms in total. The fraction of sp³-hybridized carbons (Fsp3) is 0.120. The Labute approximate surface area is 180 Å². The molecule has 0 bridgehead atoms. The summed E-state index contributed by atoms with van der Waals surface area (Å²) in [6.07, 6.45) is 0. The predicted molar refractivity (Wildman–Crippen MR) is 120 cm³/mol. The Balaban J connectivity index is 1.74. The molecular weight excluding hydrogens is 396 g/mol. The number of hydrogen-bond acceptors (Lipinski definition) is 3. The number of imide groups is 1. The zero-order chi connectivity index (χ0) is 21.3. The summed E-state index contributed by atoms with van der Waals surface area (Å²) in [6, 6.07) is 22.5. The second kappa shape index (κ2) is 8.17. The third-order valence-electron chi connectivity index (χ3n) is 5.17. The van der Waals surface area contributed by atoms with Crippen molar-refractivity contribution in [1.29, 1.82) is 0 Å². The van der Waals surface area contributed by atoms with Gasteiger partial charge in [0.15, 0.2) is 0 Å². The molecule has 1 aliphatic heterocycles. The zero-order valence-electron chi connectivity index (χ0n) is 16.8. The summed E-state index contributed by atoms with van der Waals surface area (Å²) in [5.41, 5.74) is 5.11. The van der Waals surface area contributed by atoms with Gasteiger partial charge in [0.2, 0.25) is 0 Å². The normalized spacial score (nSPS) is 13.9. The van der Waals surface area contributed by atoms with Crippen LogP contribution in [0.1, 0.15) is 22.3 Å². The molecule has 0 saturated carbocycles. The number of benzene rings is 3. The van der Waals surface area contributed by atoms with E-state index in [9.17, 15) is 9.59 Å². The number of para-hydroxylation sites is 1. The second-order valence-electron chi connectivity index (χ2n) is 7.38. The van der Waals surface area contributed by atoms with E-state index in [2.05, 4.69) is 5.32 Å². The first-order chi connectivity index (χ1) is 14.4. The molecule has 0 radical (unpaired) electrons. The maximum atomic E-state index is 13.3. The molecule has 0 saturated heterocycles. The van der Waals surface area contributed by atoms with Gasteiger partial charge in [-0.1, -0.05) is 71.8 Å². The molecule has 0 fully saturated rings. The minimum atomic E-state index is -0.339. The van der Waals surface area contributed by atoms with Gasteiger partial charge in [-0.25, -0.2) is 0 Å². The smallest absolute Gasteiger partial charge is 0.278 e. The van der Waals surface area contributed by atoms with Gasteiger partial charge >= 0.3 is 0 Å². The Hall–Kier alpha value is -3.37. The maximum absolute atomic E-state index is 13.3. The minimum absolute atomic E-state index is 0.184. The van der Waals surface area contributed by atoms with Crippen LogP contribution in [-0.2, 0) is 16.1 Å². The number of hydrogen-bond donors (Lipinski definition) is 1. The zero-order valence-corrected chi connectivity index (χ0v) is 17.5. The van der Waals surface area contributed by atoms with Crippen molar-refractivity contribution in [2.75, 3.05) is 5.32 Å². The lowest BCUT2D eigenvalue weighted by molar-refractivity contribution is -0.137. The van der Waals surface area contributed by atoms with E-state index in [1.807, 2.05) is 74.5 Å². The highest BCUT2D eigenvalue weighted by Gasteiger charge is 2.39. The quantitative estimate of drug-likeness (QED) is 0.570. The van der Waals surface area contributed by atoms with Crippen molar-refractivity contribution in [2.24, 2.45) is 0 Å². The van der Waals surface area contributed by atoms with Crippen LogP contribution in [0.25, 0.3) is 5.57 Å². The highest BCUT2D eigenvalue weighted by Crippen LogP contribution is 2.32. The molecule has 0 aliphatic carbocycles. The summed E-state index contributed by atoms with van der Waals surface area (Å²) in [4.78, 5) is 27.9. The van der Waals surface area contributed by atoms with Crippen molar-refractivity contribution in [3.63, 3.8) is 0 Å². The molecule has 0 spiro atoms. The Morgan fingerprint density at radius 1 is 0.833 bits per heavy atom. The lowest BCUT2D eigenvalue weighted by Crippen LogP contribution is -2.32. The van der Waals surface area contributed by atoms with Gasteiger partial charge in [0.05, 0.1) is 12.1 Å². The average Bonchev–Trinajstić information content (AvgIpc) is 2.96. The van der Waals surface area contributed by atoms with E-state index in [0.29, 0.717) is 21.9 Å². The summed E-state index contributed by atoms with van der Waals surface area (Å²) >= 11 is 5.96. The number of amides is 2. The van der Waals surface area contributed by atoms with Crippen molar-refractivity contribution < 1.29 is 9.59 Å². The molecule has 150 valence electrons. The van der Waals surface area contributed by atoms with E-state index in [-0.39, 0.29) is 18.4 Å². The Morgan fingerprint density at radius 2 is 1.50 bits per heavy atom. The fourth-order valence-electron chi connectivity index (χ4n) is 3.44. The van der Waals surface area contributed by atoms with E-state index < -0.39 is 0 Å². The highest BCUT2D eigenvalue weighted by atomic mass is 35.5. The van der Waals surface area contributed by atoms with Crippen LogP contribution in [0.3, 0.4) is 0 Å². The van der Waals surface area contributed by atoms with Crippen LogP contribution in [0.15, 0.2) is 78.5 Å². The lowest BCUT2D eigenvalue weighted by Gasteiger charge is -2.16. The number of nitrogens with zero attached hydrogens (tertiary/aromatic N) is 1. The molecular formula is C25H21ClN2O2. The van der Waals surface area contributed by atoms with Crippen LogP contribution in [0.5, 0.6) is 0 Å². The lowest BCUT2D eigenvalue weighted by atomic mass is 10.0. The summed E-state index contributed by atoms with van der Waals surface area (Å²) in [7, 11) is 0. The van der Waals surface area contributed by atoms with Crippen molar-refractivity contribution in [3.05, 3.63) is 106 Å². The molecule has 3 aromatic carbocycles. The standard InChI is InChI=1S/C25H21ClN2O2/c1-16-7-11-19(12-8-16)22-23(27-21-6-4-3-5-17(21)2)25(30)28(24(22)29)15-18-9-13-20(26)14-10-18/h3-14,27H,15H2,1-2H3. The SMILES string of the molecule is Cc1ccc(C2=C(Nc3ccccc3C)C(=O)N(Cc3ccc(Cl)cc3)C2=O)cc1. The Bertz CT molecular complexity index is 1150. The summed E-state index contributed by atoms with van der Waals surface area (Å²) < 4.78 is 0. The van der Waals surface area contributed by atoms with Gasteiger partial charge in [-0.15, -0.1) is 0 Å². The van der Waals surface area contributed by atoms with E-state index in [0.717, 1.165) is 22.4 Å². The molecule has 1 aliphatic rings. The molecule has 30 heavy (non-hydrogen) atoms. The summed E-state index contributed by atoms with van der Waals surface area (Å²) in [5, 5.41) is 3.83. The van der Waals surface area contributed by atoms with Crippen molar-refractivity contribution >= 4 is 34.7 Å². The summed E-state index contributed by atoms with van der Waals surface area (Å²) in [6.45, 7) is 4.13. The number of nitrogens with one attached hydrogen (secondary N) is 1. The van der Waals surface area contributed by atoms with Crippen LogP contribution in [0.2, 0.25) is 5.02 Å². The number of carbonyl (C=O) groups excluding carboxylic acids is 2. The van der Waals surface area contributed by atoms with E-state index in [4.69, 9.17) is 11.6 Å². The Kier molecular flexibility index (Phi) is 5.42. The van der Waals surface area contributed by atoms with Crippen molar-refractivity contribution in [3.8, 4) is 0 Å². The molecule has 2 amide bonds. The van der Waals surface area contributed by atoms with Gasteiger partial charge in [-0.3, -0.25) is 14.5 Å². The molecule has 3 aromatic rings. The van der Waals surface area contributed by atoms with Crippen LogP contribution >= 0.6 is 11.6 Å². The predicted octanol–water partition coefficient (Wildman–Crippen LogP) is 5.35. The maximum Gasteiger partial charge on any atom is 0.278 e. The third-order valence-corrected chi connectivity index (χ3v) is 5.42. The number of carbonyl (C=O) groups is 2. The van der Waals surface area contributed by atoms with E-state index in [1.165, 1.54) is 4.90 Å². The van der Waals surface area contributed by atoms with Crippen LogP contribution in [-0.4, -0.2) is 16.7 Å². The highest BCUT2D eigenvalue weighted by molar-refractivity contribution is 6.36. The summed E-state index contributed by atoms with van der Waals surface area (Å²) in [5.74, 6) is -0.649. The minimum Gasteiger partial charge on any atom is -0.350 e. The third kappa shape index (κ3) is 3.87. The molecule has 4 rings (SSSR count). The van der Waals surface area contributed by atoms with Gasteiger partial charge in [-0.05, 0) is 48.7 Å². The van der Waals surface area contributed by atoms with E-state index >= 15 is 0 Å². The number of anilines is 1. The molecule has 1 N–H and O–H groups in total. The fourth-order valence-corrected chi connectivity index (χ4v) is 3.57. The number of halogens is 1. The van der Waals surface area contributed by atoms with Crippen LogP contribution in [0, 0.1) is 13.8 Å². The Morgan fingerprint density at radius 3 is 2.17 bits per heavy atom. The number of aryl methyl sites for hydroxylation is 2. The van der Waals surface area contributed by atoms with Gasteiger partial charge < -0.3 is 5.32 Å².